The highest BCUT2D eigenvalue weighted by Gasteiger charge is 2.36. The quantitative estimate of drug-likeness (QED) is 0.478. The summed E-state index contributed by atoms with van der Waals surface area (Å²) in [5.41, 5.74) is 4.05. The molecule has 0 radical (unpaired) electrons. The topological polar surface area (TPSA) is 84.5 Å². The van der Waals surface area contributed by atoms with E-state index >= 15 is 0 Å². The number of hydrogen-bond donors (Lipinski definition) is 0. The Labute approximate surface area is 244 Å². The number of amides is 3. The van der Waals surface area contributed by atoms with E-state index in [9.17, 15) is 18.0 Å². The number of nitrogens with zero attached hydrogens (tertiary/aromatic N) is 5. The van der Waals surface area contributed by atoms with Crippen LogP contribution in [0.25, 0.3) is 11.1 Å². The predicted molar refractivity (Wildman–Crippen MR) is 161 cm³/mol. The smallest absolute Gasteiger partial charge is 0.320 e. The summed E-state index contributed by atoms with van der Waals surface area (Å²) >= 11 is 0. The van der Waals surface area contributed by atoms with E-state index in [1.807, 2.05) is 48.2 Å². The van der Waals surface area contributed by atoms with Crippen LogP contribution in [0.4, 0.5) is 4.79 Å². The molecule has 5 rings (SSSR count). The monoisotopic (exact) mass is 581 g/mol. The van der Waals surface area contributed by atoms with Gasteiger partial charge in [-0.2, -0.15) is 0 Å². The lowest BCUT2D eigenvalue weighted by Crippen LogP contribution is -2.47. The van der Waals surface area contributed by atoms with E-state index in [2.05, 4.69) is 36.1 Å². The molecule has 3 heterocycles. The van der Waals surface area contributed by atoms with Crippen LogP contribution < -0.4 is 0 Å². The zero-order chi connectivity index (χ0) is 29.1. The summed E-state index contributed by atoms with van der Waals surface area (Å²) in [5, 5.41) is 0. The van der Waals surface area contributed by atoms with E-state index < -0.39 is 10.0 Å². The summed E-state index contributed by atoms with van der Waals surface area (Å²) < 4.78 is 26.8. The molecule has 41 heavy (non-hydrogen) atoms. The zero-order valence-corrected chi connectivity index (χ0v) is 25.4. The maximum atomic E-state index is 13.4. The standard InChI is InChI=1S/C31H43N5O4S/c1-24-6-8-25(9-7-24)26-10-12-27(13-11-26)30(37)32(2)29-15-19-35(23-29)31(38)33(3)28-14-18-34(22-28)20-21-41(39,40)36-16-4-5-17-36/h6-13,28-29H,4-5,14-23H2,1-3H3/t28?,29-/m0/s1. The third-order valence-electron chi connectivity index (χ3n) is 9.04. The van der Waals surface area contributed by atoms with E-state index in [1.165, 1.54) is 5.56 Å². The number of aryl methyl sites for hydroxylation is 1. The van der Waals surface area contributed by atoms with Gasteiger partial charge in [-0.3, -0.25) is 4.79 Å². The predicted octanol–water partition coefficient (Wildman–Crippen LogP) is 3.36. The molecule has 3 amide bonds. The first-order valence-electron chi connectivity index (χ1n) is 14.8. The fraction of sp³-hybridized carbons (Fsp3) is 0.548. The maximum absolute atomic E-state index is 13.4. The molecule has 0 spiro atoms. The lowest BCUT2D eigenvalue weighted by Gasteiger charge is -2.30. The number of sulfonamides is 1. The van der Waals surface area contributed by atoms with Crippen LogP contribution in [0, 0.1) is 6.92 Å². The molecule has 0 saturated carbocycles. The van der Waals surface area contributed by atoms with Crippen molar-refractivity contribution in [1.29, 1.82) is 0 Å². The van der Waals surface area contributed by atoms with Crippen LogP contribution in [0.3, 0.4) is 0 Å². The van der Waals surface area contributed by atoms with Crippen molar-refractivity contribution in [2.75, 3.05) is 65.7 Å². The summed E-state index contributed by atoms with van der Waals surface area (Å²) in [6.45, 7) is 6.45. The number of rotatable bonds is 8. The largest absolute Gasteiger partial charge is 0.337 e. The molecule has 3 saturated heterocycles. The second-order valence-electron chi connectivity index (χ2n) is 11.8. The normalized spacial score (nSPS) is 21.9. The van der Waals surface area contributed by atoms with Gasteiger partial charge in [0.1, 0.15) is 0 Å². The highest BCUT2D eigenvalue weighted by Crippen LogP contribution is 2.24. The minimum absolute atomic E-state index is 0.0210. The maximum Gasteiger partial charge on any atom is 0.320 e. The molecule has 9 nitrogen and oxygen atoms in total. The molecular weight excluding hydrogens is 538 g/mol. The molecule has 2 aromatic rings. The van der Waals surface area contributed by atoms with Crippen molar-refractivity contribution in [3.63, 3.8) is 0 Å². The van der Waals surface area contributed by atoms with Crippen molar-refractivity contribution in [2.45, 2.75) is 44.7 Å². The van der Waals surface area contributed by atoms with Crippen LogP contribution in [0.15, 0.2) is 48.5 Å². The van der Waals surface area contributed by atoms with Crippen LogP contribution in [0.2, 0.25) is 0 Å². The second kappa shape index (κ2) is 12.5. The molecule has 0 aliphatic carbocycles. The summed E-state index contributed by atoms with van der Waals surface area (Å²) in [7, 11) is 0.464. The SMILES string of the molecule is Cc1ccc(-c2ccc(C(=O)N(C)[C@H]3CCN(C(=O)N(C)C4CCN(CCS(=O)(=O)N5CCCC5)C4)C3)cc2)cc1. The number of likely N-dealkylation sites (tertiary alicyclic amines) is 2. The van der Waals surface area contributed by atoms with Gasteiger partial charge in [-0.15, -0.1) is 0 Å². The highest BCUT2D eigenvalue weighted by molar-refractivity contribution is 7.89. The van der Waals surface area contributed by atoms with Crippen LogP contribution >= 0.6 is 0 Å². The van der Waals surface area contributed by atoms with Crippen LogP contribution in [-0.4, -0.2) is 122 Å². The van der Waals surface area contributed by atoms with Gasteiger partial charge >= 0.3 is 6.03 Å². The van der Waals surface area contributed by atoms with Crippen molar-refractivity contribution in [2.24, 2.45) is 0 Å². The lowest BCUT2D eigenvalue weighted by molar-refractivity contribution is 0.0734. The number of hydrogen-bond acceptors (Lipinski definition) is 5. The Balaban J connectivity index is 1.10. The average molecular weight is 582 g/mol. The molecule has 3 aliphatic rings. The number of urea groups is 1. The van der Waals surface area contributed by atoms with Gasteiger partial charge in [0.05, 0.1) is 11.8 Å². The summed E-state index contributed by atoms with van der Waals surface area (Å²) in [6.07, 6.45) is 3.47. The van der Waals surface area contributed by atoms with Gasteiger partial charge in [-0.25, -0.2) is 17.5 Å². The van der Waals surface area contributed by atoms with E-state index in [1.54, 1.807) is 9.21 Å². The molecule has 222 valence electrons. The van der Waals surface area contributed by atoms with E-state index in [0.29, 0.717) is 44.8 Å². The molecule has 0 N–H and O–H groups in total. The van der Waals surface area contributed by atoms with E-state index in [0.717, 1.165) is 43.4 Å². The number of benzene rings is 2. The van der Waals surface area contributed by atoms with Crippen LogP contribution in [-0.2, 0) is 10.0 Å². The average Bonchev–Trinajstić information content (AvgIpc) is 3.78. The molecule has 0 bridgehead atoms. The first kappa shape index (κ1) is 29.5. The Hall–Kier alpha value is -2.95. The van der Waals surface area contributed by atoms with Gasteiger partial charge < -0.3 is 19.6 Å². The minimum Gasteiger partial charge on any atom is -0.337 e. The number of carbonyl (C=O) groups is 2. The summed E-state index contributed by atoms with van der Waals surface area (Å²) in [5.74, 6) is 0.101. The molecule has 2 aromatic carbocycles. The van der Waals surface area contributed by atoms with Gasteiger partial charge in [0.2, 0.25) is 10.0 Å². The Morgan fingerprint density at radius 1 is 0.805 bits per heavy atom. The minimum atomic E-state index is -3.20. The molecule has 2 atom stereocenters. The van der Waals surface area contributed by atoms with Gasteiger partial charge in [-0.1, -0.05) is 42.0 Å². The highest BCUT2D eigenvalue weighted by atomic mass is 32.2. The molecule has 0 aromatic heterocycles. The first-order valence-corrected chi connectivity index (χ1v) is 16.4. The first-order chi connectivity index (χ1) is 19.6. The number of carbonyl (C=O) groups excluding carboxylic acids is 2. The van der Waals surface area contributed by atoms with Gasteiger partial charge in [0.25, 0.3) is 5.91 Å². The Kier molecular flexibility index (Phi) is 9.01. The molecular formula is C31H43N5O4S. The fourth-order valence-corrected chi connectivity index (χ4v) is 7.76. The van der Waals surface area contributed by atoms with Crippen molar-refractivity contribution < 1.29 is 18.0 Å². The fourth-order valence-electron chi connectivity index (χ4n) is 6.20. The van der Waals surface area contributed by atoms with E-state index in [4.69, 9.17) is 0 Å². The third-order valence-corrected chi connectivity index (χ3v) is 10.9. The lowest BCUT2D eigenvalue weighted by atomic mass is 10.0. The molecule has 1 unspecified atom stereocenters. The number of likely N-dealkylation sites (N-methyl/N-ethyl adjacent to an activating group) is 2. The Morgan fingerprint density at radius 3 is 2.05 bits per heavy atom. The van der Waals surface area contributed by atoms with Gasteiger partial charge in [-0.05, 0) is 55.9 Å². The molecule has 10 heteroatoms. The van der Waals surface area contributed by atoms with Crippen molar-refractivity contribution in [3.05, 3.63) is 59.7 Å². The van der Waals surface area contributed by atoms with E-state index in [-0.39, 0.29) is 29.8 Å². The van der Waals surface area contributed by atoms with Gasteiger partial charge in [0.15, 0.2) is 0 Å². The van der Waals surface area contributed by atoms with Gasteiger partial charge in [0, 0.05) is 71.5 Å². The Bertz CT molecular complexity index is 1330. The summed E-state index contributed by atoms with van der Waals surface area (Å²) in [4.78, 5) is 34.2. The van der Waals surface area contributed by atoms with Crippen LogP contribution in [0.5, 0.6) is 0 Å². The summed E-state index contributed by atoms with van der Waals surface area (Å²) in [6, 6.07) is 16.1. The third kappa shape index (κ3) is 6.76. The van der Waals surface area contributed by atoms with Crippen molar-refractivity contribution in [1.82, 2.24) is 23.9 Å². The second-order valence-corrected chi connectivity index (χ2v) is 13.9. The van der Waals surface area contributed by atoms with Crippen molar-refractivity contribution in [3.8, 4) is 11.1 Å². The molecule has 3 aliphatic heterocycles. The Morgan fingerprint density at radius 2 is 1.39 bits per heavy atom. The van der Waals surface area contributed by atoms with Crippen molar-refractivity contribution >= 4 is 22.0 Å². The molecule has 3 fully saturated rings. The van der Waals surface area contributed by atoms with Crippen LogP contribution in [0.1, 0.15) is 41.6 Å². The zero-order valence-electron chi connectivity index (χ0n) is 24.5.